The van der Waals surface area contributed by atoms with E-state index in [0.29, 0.717) is 13.3 Å². The Morgan fingerprint density at radius 2 is 2.67 bits per heavy atom. The molecule has 1 rings (SSSR count). The van der Waals surface area contributed by atoms with Gasteiger partial charge in [0, 0.05) is 0 Å². The minimum atomic E-state index is -0.780. The average molecular weight is 132 g/mol. The van der Waals surface area contributed by atoms with E-state index in [0.717, 1.165) is 0 Å². The van der Waals surface area contributed by atoms with Gasteiger partial charge in [-0.3, -0.25) is 5.32 Å². The van der Waals surface area contributed by atoms with Crippen molar-refractivity contribution in [3.63, 3.8) is 0 Å². The van der Waals surface area contributed by atoms with Gasteiger partial charge in [-0.1, -0.05) is 0 Å². The Morgan fingerprint density at radius 1 is 1.89 bits per heavy atom. The van der Waals surface area contributed by atoms with E-state index in [2.05, 4.69) is 10.1 Å². The molecule has 1 aliphatic heterocycles. The van der Waals surface area contributed by atoms with Gasteiger partial charge in [-0.2, -0.15) is 0 Å². The number of hydrogen-bond donors (Lipinski definition) is 2. The standard InChI is InChI=1S/C4H8N2O3/c5-4(7)9-3-1-8-2-6-3/h3,6H,1-2H2,(H2,5,7)/t3-/m0/s1. The summed E-state index contributed by atoms with van der Waals surface area (Å²) in [5.74, 6) is 0. The predicted octanol–water partition coefficient (Wildman–Crippen LogP) is -1.01. The molecule has 0 aromatic carbocycles. The highest BCUT2D eigenvalue weighted by Gasteiger charge is 2.16. The summed E-state index contributed by atoms with van der Waals surface area (Å²) in [6, 6.07) is 0. The van der Waals surface area contributed by atoms with Crippen LogP contribution in [-0.2, 0) is 9.47 Å². The van der Waals surface area contributed by atoms with Crippen LogP contribution < -0.4 is 11.1 Å². The van der Waals surface area contributed by atoms with Crippen molar-refractivity contribution in [2.24, 2.45) is 5.73 Å². The quantitative estimate of drug-likeness (QED) is 0.479. The van der Waals surface area contributed by atoms with Gasteiger partial charge in [-0.15, -0.1) is 0 Å². The molecule has 0 saturated carbocycles. The molecule has 1 aliphatic rings. The molecule has 0 spiro atoms. The van der Waals surface area contributed by atoms with Crippen molar-refractivity contribution in [2.45, 2.75) is 6.23 Å². The fourth-order valence-electron chi connectivity index (χ4n) is 0.593. The molecule has 9 heavy (non-hydrogen) atoms. The van der Waals surface area contributed by atoms with Crippen LogP contribution in [0.1, 0.15) is 0 Å². The average Bonchev–Trinajstić information content (AvgIpc) is 2.15. The van der Waals surface area contributed by atoms with E-state index in [-0.39, 0.29) is 6.23 Å². The van der Waals surface area contributed by atoms with Gasteiger partial charge in [0.2, 0.25) is 0 Å². The summed E-state index contributed by atoms with van der Waals surface area (Å²) in [7, 11) is 0. The van der Waals surface area contributed by atoms with Crippen molar-refractivity contribution in [3.8, 4) is 0 Å². The van der Waals surface area contributed by atoms with Crippen LogP contribution in [0, 0.1) is 0 Å². The Hall–Kier alpha value is -0.810. The van der Waals surface area contributed by atoms with Crippen LogP contribution in [0.5, 0.6) is 0 Å². The first kappa shape index (κ1) is 6.31. The number of primary amides is 1. The third-order valence-corrected chi connectivity index (χ3v) is 0.941. The van der Waals surface area contributed by atoms with Crippen molar-refractivity contribution in [3.05, 3.63) is 0 Å². The van der Waals surface area contributed by atoms with Crippen LogP contribution in [0.3, 0.4) is 0 Å². The second-order valence-corrected chi connectivity index (χ2v) is 1.64. The Kier molecular flexibility index (Phi) is 1.86. The van der Waals surface area contributed by atoms with Gasteiger partial charge in [0.05, 0.1) is 13.3 Å². The third kappa shape index (κ3) is 1.87. The van der Waals surface area contributed by atoms with Gasteiger partial charge < -0.3 is 15.2 Å². The zero-order valence-corrected chi connectivity index (χ0v) is 4.79. The minimum absolute atomic E-state index is 0.359. The van der Waals surface area contributed by atoms with Crippen LogP contribution in [0.2, 0.25) is 0 Å². The lowest BCUT2D eigenvalue weighted by Gasteiger charge is -2.05. The Bertz CT molecular complexity index is 110. The monoisotopic (exact) mass is 132 g/mol. The van der Waals surface area contributed by atoms with Gasteiger partial charge in [-0.05, 0) is 0 Å². The number of amides is 1. The molecule has 1 saturated heterocycles. The predicted molar refractivity (Wildman–Crippen MR) is 28.4 cm³/mol. The summed E-state index contributed by atoms with van der Waals surface area (Å²) >= 11 is 0. The number of ether oxygens (including phenoxy) is 2. The van der Waals surface area contributed by atoms with Gasteiger partial charge in [0.15, 0.2) is 6.23 Å². The molecule has 0 bridgehead atoms. The highest BCUT2D eigenvalue weighted by atomic mass is 16.6. The second-order valence-electron chi connectivity index (χ2n) is 1.64. The SMILES string of the molecule is NC(=O)O[C@H]1COCN1. The largest absolute Gasteiger partial charge is 0.428 e. The lowest BCUT2D eigenvalue weighted by atomic mass is 10.6. The van der Waals surface area contributed by atoms with E-state index in [1.807, 2.05) is 0 Å². The van der Waals surface area contributed by atoms with Crippen LogP contribution in [-0.4, -0.2) is 25.7 Å². The zero-order valence-electron chi connectivity index (χ0n) is 4.79. The highest BCUT2D eigenvalue weighted by Crippen LogP contribution is 1.94. The molecule has 0 aromatic heterocycles. The van der Waals surface area contributed by atoms with Crippen LogP contribution in [0.15, 0.2) is 0 Å². The number of hydrogen-bond acceptors (Lipinski definition) is 4. The molecule has 5 heteroatoms. The number of rotatable bonds is 1. The summed E-state index contributed by atoms with van der Waals surface area (Å²) in [4.78, 5) is 10.1. The Labute approximate surface area is 52.1 Å². The Balaban J connectivity index is 2.19. The molecule has 0 aliphatic carbocycles. The van der Waals surface area contributed by atoms with E-state index >= 15 is 0 Å². The lowest BCUT2D eigenvalue weighted by Crippen LogP contribution is -2.32. The number of carbonyl (C=O) groups is 1. The fourth-order valence-corrected chi connectivity index (χ4v) is 0.593. The third-order valence-electron chi connectivity index (χ3n) is 0.941. The molecule has 52 valence electrons. The first-order valence-corrected chi connectivity index (χ1v) is 2.56. The number of carbonyl (C=O) groups excluding carboxylic acids is 1. The second kappa shape index (κ2) is 2.65. The fraction of sp³-hybridized carbons (Fsp3) is 0.750. The van der Waals surface area contributed by atoms with Crippen molar-refractivity contribution in [2.75, 3.05) is 13.3 Å². The normalized spacial score (nSPS) is 26.0. The highest BCUT2D eigenvalue weighted by molar-refractivity contribution is 5.64. The van der Waals surface area contributed by atoms with Crippen LogP contribution in [0.25, 0.3) is 0 Å². The van der Waals surface area contributed by atoms with E-state index in [9.17, 15) is 4.79 Å². The van der Waals surface area contributed by atoms with E-state index < -0.39 is 6.09 Å². The van der Waals surface area contributed by atoms with Crippen molar-refractivity contribution in [1.29, 1.82) is 0 Å². The topological polar surface area (TPSA) is 73.6 Å². The van der Waals surface area contributed by atoms with E-state index in [1.54, 1.807) is 0 Å². The molecule has 3 N–H and O–H groups in total. The first-order valence-electron chi connectivity index (χ1n) is 2.56. The molecule has 1 amide bonds. The summed E-state index contributed by atoms with van der Waals surface area (Å²) in [6.45, 7) is 0.793. The summed E-state index contributed by atoms with van der Waals surface area (Å²) in [6.07, 6.45) is -1.14. The molecule has 5 nitrogen and oxygen atoms in total. The molecule has 0 aromatic rings. The van der Waals surface area contributed by atoms with Gasteiger partial charge in [0.25, 0.3) is 0 Å². The van der Waals surface area contributed by atoms with E-state index in [1.165, 1.54) is 0 Å². The van der Waals surface area contributed by atoms with E-state index in [4.69, 9.17) is 10.5 Å². The van der Waals surface area contributed by atoms with Crippen LogP contribution in [0.4, 0.5) is 4.79 Å². The maximum atomic E-state index is 10.1. The molecular weight excluding hydrogens is 124 g/mol. The van der Waals surface area contributed by atoms with Gasteiger partial charge in [-0.25, -0.2) is 4.79 Å². The van der Waals surface area contributed by atoms with Crippen LogP contribution >= 0.6 is 0 Å². The first-order chi connectivity index (χ1) is 4.29. The molecule has 1 atom stereocenters. The summed E-state index contributed by atoms with van der Waals surface area (Å²) < 4.78 is 9.33. The molecule has 0 unspecified atom stereocenters. The molecule has 1 fully saturated rings. The minimum Gasteiger partial charge on any atom is -0.428 e. The number of nitrogens with one attached hydrogen (secondary N) is 1. The van der Waals surface area contributed by atoms with Crippen molar-refractivity contribution >= 4 is 6.09 Å². The van der Waals surface area contributed by atoms with Gasteiger partial charge >= 0.3 is 6.09 Å². The Morgan fingerprint density at radius 3 is 3.11 bits per heavy atom. The lowest BCUT2D eigenvalue weighted by molar-refractivity contribution is 0.0850. The molecular formula is C4H8N2O3. The molecule has 0 radical (unpaired) electrons. The summed E-state index contributed by atoms with van der Waals surface area (Å²) in [5, 5.41) is 2.74. The maximum Gasteiger partial charge on any atom is 0.406 e. The summed E-state index contributed by atoms with van der Waals surface area (Å²) in [5.41, 5.74) is 4.72. The zero-order chi connectivity index (χ0) is 6.69. The van der Waals surface area contributed by atoms with Crippen molar-refractivity contribution < 1.29 is 14.3 Å². The van der Waals surface area contributed by atoms with Crippen molar-refractivity contribution in [1.82, 2.24) is 5.32 Å². The van der Waals surface area contributed by atoms with Gasteiger partial charge in [0.1, 0.15) is 0 Å². The number of nitrogens with two attached hydrogens (primary N) is 1. The maximum absolute atomic E-state index is 10.1. The molecule has 1 heterocycles. The smallest absolute Gasteiger partial charge is 0.406 e.